The van der Waals surface area contributed by atoms with Gasteiger partial charge < -0.3 is 31.6 Å². The number of ether oxygens (including phenoxy) is 2. The molecule has 0 saturated heterocycles. The molecule has 0 aliphatic rings. The Hall–Kier alpha value is -2.20. The van der Waals surface area contributed by atoms with E-state index in [1.165, 1.54) is 141 Å². The van der Waals surface area contributed by atoms with Crippen molar-refractivity contribution in [3.05, 3.63) is 0 Å². The minimum atomic E-state index is -0.863. The van der Waals surface area contributed by atoms with E-state index in [1.54, 1.807) is 0 Å². The van der Waals surface area contributed by atoms with Crippen LogP contribution in [0.15, 0.2) is 0 Å². The zero-order chi connectivity index (χ0) is 44.7. The van der Waals surface area contributed by atoms with Crippen LogP contribution in [0, 0.1) is 0 Å². The Morgan fingerprint density at radius 3 is 1.33 bits per heavy atom. The Bertz CT molecular complexity index is 998. The molecule has 61 heavy (non-hydrogen) atoms. The Morgan fingerprint density at radius 1 is 0.459 bits per heavy atom. The van der Waals surface area contributed by atoms with Crippen molar-refractivity contribution in [2.24, 2.45) is 11.5 Å². The maximum Gasteiger partial charge on any atom is 0.328 e. The Balaban J connectivity index is 4.41. The lowest BCUT2D eigenvalue weighted by Gasteiger charge is -2.18. The fraction of sp³-hybridized carbons (Fsp3) is 0.922. The SMILES string of the molecule is CCCCCCCCCCCCCCCCOC(=O)CC[C@H](NC(=O)CCCCCCCNC(=O)[C@@H](N)CCCCN)C(=O)OCCCCCCCCCCCCCCCC. The molecule has 0 bridgehead atoms. The quantitative estimate of drug-likeness (QED) is 0.0347. The number of esters is 2. The summed E-state index contributed by atoms with van der Waals surface area (Å²) in [4.78, 5) is 50.8. The monoisotopic (exact) mass is 865 g/mol. The van der Waals surface area contributed by atoms with Gasteiger partial charge in [-0.05, 0) is 51.5 Å². The van der Waals surface area contributed by atoms with Crippen molar-refractivity contribution in [1.82, 2.24) is 10.6 Å². The van der Waals surface area contributed by atoms with Gasteiger partial charge in [0.05, 0.1) is 19.3 Å². The number of unbranched alkanes of at least 4 members (excludes halogenated alkanes) is 31. The van der Waals surface area contributed by atoms with Crippen LogP contribution in [0.2, 0.25) is 0 Å². The lowest BCUT2D eigenvalue weighted by atomic mass is 10.0. The second-order valence-corrected chi connectivity index (χ2v) is 17.9. The van der Waals surface area contributed by atoms with Crippen molar-refractivity contribution in [3.63, 3.8) is 0 Å². The van der Waals surface area contributed by atoms with Gasteiger partial charge in [-0.2, -0.15) is 0 Å². The second-order valence-electron chi connectivity index (χ2n) is 17.9. The summed E-state index contributed by atoms with van der Waals surface area (Å²) in [6, 6.07) is -1.35. The number of carbonyl (C=O) groups excluding carboxylic acids is 4. The molecule has 0 heterocycles. The van der Waals surface area contributed by atoms with Gasteiger partial charge in [-0.3, -0.25) is 14.4 Å². The molecule has 0 aliphatic heterocycles. The van der Waals surface area contributed by atoms with E-state index in [4.69, 9.17) is 20.9 Å². The molecular formula is C51H100N4O6. The van der Waals surface area contributed by atoms with Crippen molar-refractivity contribution >= 4 is 23.8 Å². The van der Waals surface area contributed by atoms with E-state index < -0.39 is 18.1 Å². The molecule has 0 fully saturated rings. The third-order valence-corrected chi connectivity index (χ3v) is 11.9. The van der Waals surface area contributed by atoms with E-state index in [9.17, 15) is 19.2 Å². The van der Waals surface area contributed by atoms with E-state index in [1.807, 2.05) is 0 Å². The zero-order valence-corrected chi connectivity index (χ0v) is 40.2. The van der Waals surface area contributed by atoms with Crippen molar-refractivity contribution in [3.8, 4) is 0 Å². The van der Waals surface area contributed by atoms with Crippen molar-refractivity contribution in [2.45, 2.75) is 276 Å². The van der Waals surface area contributed by atoms with Crippen LogP contribution in [0.5, 0.6) is 0 Å². The first-order valence-corrected chi connectivity index (χ1v) is 26.2. The van der Waals surface area contributed by atoms with Gasteiger partial charge in [0.2, 0.25) is 11.8 Å². The largest absolute Gasteiger partial charge is 0.466 e. The predicted octanol–water partition coefficient (Wildman–Crippen LogP) is 12.2. The van der Waals surface area contributed by atoms with E-state index in [0.29, 0.717) is 45.6 Å². The first-order chi connectivity index (χ1) is 29.8. The van der Waals surface area contributed by atoms with Crippen LogP contribution in [-0.2, 0) is 28.7 Å². The van der Waals surface area contributed by atoms with Gasteiger partial charge >= 0.3 is 11.9 Å². The molecule has 0 radical (unpaired) electrons. The number of carbonyl (C=O) groups is 4. The molecule has 0 aromatic heterocycles. The van der Waals surface area contributed by atoms with Gasteiger partial charge in [0, 0.05) is 19.4 Å². The van der Waals surface area contributed by atoms with Gasteiger partial charge in [0.25, 0.3) is 0 Å². The summed E-state index contributed by atoms with van der Waals surface area (Å²) < 4.78 is 11.1. The third kappa shape index (κ3) is 42.9. The lowest BCUT2D eigenvalue weighted by Crippen LogP contribution is -2.42. The summed E-state index contributed by atoms with van der Waals surface area (Å²) in [6.45, 7) is 6.45. The van der Waals surface area contributed by atoms with Crippen molar-refractivity contribution < 1.29 is 28.7 Å². The zero-order valence-electron chi connectivity index (χ0n) is 40.2. The molecule has 0 unspecified atom stereocenters. The molecule has 0 aliphatic carbocycles. The molecule has 0 rings (SSSR count). The van der Waals surface area contributed by atoms with Crippen LogP contribution in [0.1, 0.15) is 264 Å². The first-order valence-electron chi connectivity index (χ1n) is 26.2. The highest BCUT2D eigenvalue weighted by Gasteiger charge is 2.23. The molecule has 0 saturated carbocycles. The van der Waals surface area contributed by atoms with Crippen molar-refractivity contribution in [2.75, 3.05) is 26.3 Å². The minimum Gasteiger partial charge on any atom is -0.466 e. The normalized spacial score (nSPS) is 12.3. The summed E-state index contributed by atoms with van der Waals surface area (Å²) in [5.74, 6) is -1.12. The highest BCUT2D eigenvalue weighted by Crippen LogP contribution is 2.15. The van der Waals surface area contributed by atoms with E-state index >= 15 is 0 Å². The highest BCUT2D eigenvalue weighted by atomic mass is 16.5. The first kappa shape index (κ1) is 58.8. The topological polar surface area (TPSA) is 163 Å². The fourth-order valence-corrected chi connectivity index (χ4v) is 7.83. The van der Waals surface area contributed by atoms with E-state index in [-0.39, 0.29) is 30.6 Å². The number of amides is 2. The summed E-state index contributed by atoms with van der Waals surface area (Å²) >= 11 is 0. The van der Waals surface area contributed by atoms with Crippen LogP contribution in [0.4, 0.5) is 0 Å². The summed E-state index contributed by atoms with van der Waals surface area (Å²) in [5.41, 5.74) is 11.5. The average Bonchev–Trinajstić information content (AvgIpc) is 3.25. The minimum absolute atomic E-state index is 0.0622. The lowest BCUT2D eigenvalue weighted by molar-refractivity contribution is -0.149. The maximum atomic E-state index is 13.1. The van der Waals surface area contributed by atoms with Gasteiger partial charge in [0.1, 0.15) is 6.04 Å². The molecule has 2 amide bonds. The fourth-order valence-electron chi connectivity index (χ4n) is 7.83. The predicted molar refractivity (Wildman–Crippen MR) is 255 cm³/mol. The Morgan fingerprint density at radius 2 is 0.869 bits per heavy atom. The molecule has 6 N–H and O–H groups in total. The number of nitrogens with two attached hydrogens (primary N) is 2. The van der Waals surface area contributed by atoms with Gasteiger partial charge in [-0.25, -0.2) is 4.79 Å². The summed E-state index contributed by atoms with van der Waals surface area (Å²) in [6.07, 6.45) is 42.7. The van der Waals surface area contributed by atoms with Crippen molar-refractivity contribution in [1.29, 1.82) is 0 Å². The molecule has 0 aromatic rings. The molecule has 10 nitrogen and oxygen atoms in total. The average molecular weight is 865 g/mol. The Kier molecular flexibility index (Phi) is 45.6. The highest BCUT2D eigenvalue weighted by molar-refractivity contribution is 5.85. The molecular weight excluding hydrogens is 765 g/mol. The van der Waals surface area contributed by atoms with Gasteiger partial charge in [0.15, 0.2) is 0 Å². The number of hydrogen-bond acceptors (Lipinski definition) is 8. The third-order valence-electron chi connectivity index (χ3n) is 11.9. The summed E-state index contributed by atoms with van der Waals surface area (Å²) in [7, 11) is 0. The van der Waals surface area contributed by atoms with E-state index in [0.717, 1.165) is 77.0 Å². The standard InChI is InChI=1S/C51H100N4O6/c1-3-5-7-9-11-13-15-17-19-21-23-25-30-36-44-60-49(57)41-40-47(51(59)61-45-37-31-26-24-22-20-18-16-14-12-10-8-6-4-2)55-48(56)39-32-28-27-29-35-43-54-50(58)46(53)38-33-34-42-52/h46-47H,3-45,52-53H2,1-2H3,(H,54,58)(H,55,56)/t46-,47-/m0/s1. The molecule has 0 spiro atoms. The second kappa shape index (κ2) is 47.3. The van der Waals surface area contributed by atoms with Crippen LogP contribution in [-0.4, -0.2) is 62.1 Å². The van der Waals surface area contributed by atoms with E-state index in [2.05, 4.69) is 24.5 Å². The summed E-state index contributed by atoms with van der Waals surface area (Å²) in [5, 5.41) is 5.77. The van der Waals surface area contributed by atoms with Gasteiger partial charge in [-0.1, -0.05) is 206 Å². The van der Waals surface area contributed by atoms with Crippen LogP contribution in [0.3, 0.4) is 0 Å². The smallest absolute Gasteiger partial charge is 0.328 e. The molecule has 2 atom stereocenters. The number of rotatable bonds is 48. The van der Waals surface area contributed by atoms with Crippen LogP contribution in [0.25, 0.3) is 0 Å². The molecule has 10 heteroatoms. The number of hydrogen-bond donors (Lipinski definition) is 4. The molecule has 0 aromatic carbocycles. The number of nitrogens with one attached hydrogen (secondary N) is 2. The van der Waals surface area contributed by atoms with Crippen LogP contribution < -0.4 is 22.1 Å². The Labute approximate surface area is 376 Å². The van der Waals surface area contributed by atoms with Crippen LogP contribution >= 0.6 is 0 Å². The van der Waals surface area contributed by atoms with Gasteiger partial charge in [-0.15, -0.1) is 0 Å². The molecule has 360 valence electrons. The maximum absolute atomic E-state index is 13.1.